The normalized spacial score (nSPS) is 13.2. The third kappa shape index (κ3) is 2.91. The Kier molecular flexibility index (Phi) is 3.84. The van der Waals surface area contributed by atoms with E-state index in [4.69, 9.17) is 11.5 Å². The van der Waals surface area contributed by atoms with Crippen molar-refractivity contribution in [2.24, 2.45) is 11.1 Å². The lowest BCUT2D eigenvalue weighted by molar-refractivity contribution is 0.1000. The van der Waals surface area contributed by atoms with E-state index >= 15 is 0 Å². The zero-order valence-corrected chi connectivity index (χ0v) is 11.7. The van der Waals surface area contributed by atoms with Crippen molar-refractivity contribution in [2.75, 3.05) is 17.7 Å². The molecule has 1 amide bonds. The molecule has 1 atom stereocenters. The van der Waals surface area contributed by atoms with Crippen LogP contribution in [0.25, 0.3) is 0 Å². The molecule has 18 heavy (non-hydrogen) atoms. The maximum absolute atomic E-state index is 11.5. The number of hydrogen-bond donors (Lipinski definition) is 2. The van der Waals surface area contributed by atoms with Gasteiger partial charge in [-0.15, -0.1) is 0 Å². The second-order valence-corrected chi connectivity index (χ2v) is 5.66. The number of amides is 1. The van der Waals surface area contributed by atoms with Gasteiger partial charge >= 0.3 is 0 Å². The number of anilines is 2. The van der Waals surface area contributed by atoms with Crippen molar-refractivity contribution < 1.29 is 4.79 Å². The molecule has 0 spiro atoms. The Hall–Kier alpha value is -1.78. The largest absolute Gasteiger partial charge is 0.397 e. The summed E-state index contributed by atoms with van der Waals surface area (Å²) in [5.74, 6) is 0.0527. The number of nitrogens with zero attached hydrogens (tertiary/aromatic N) is 2. The quantitative estimate of drug-likeness (QED) is 0.853. The van der Waals surface area contributed by atoms with Gasteiger partial charge in [0, 0.05) is 13.1 Å². The number of aromatic nitrogens is 1. The van der Waals surface area contributed by atoms with E-state index in [1.165, 1.54) is 6.20 Å². The highest BCUT2D eigenvalue weighted by molar-refractivity contribution is 5.98. The van der Waals surface area contributed by atoms with Crippen LogP contribution in [0.2, 0.25) is 0 Å². The second-order valence-electron chi connectivity index (χ2n) is 5.66. The molecule has 0 bridgehead atoms. The molecule has 5 heteroatoms. The number of primary amides is 1. The lowest BCUT2D eigenvalue weighted by Crippen LogP contribution is -2.40. The third-order valence-electron chi connectivity index (χ3n) is 3.32. The van der Waals surface area contributed by atoms with E-state index in [0.717, 1.165) is 0 Å². The molecule has 0 aliphatic carbocycles. The second kappa shape index (κ2) is 4.84. The molecule has 0 radical (unpaired) electrons. The number of rotatable bonds is 3. The Labute approximate surface area is 108 Å². The van der Waals surface area contributed by atoms with Crippen molar-refractivity contribution in [2.45, 2.75) is 33.7 Å². The summed E-state index contributed by atoms with van der Waals surface area (Å²) in [6.45, 7) is 8.49. The molecule has 0 fully saturated rings. The predicted octanol–water partition coefficient (Wildman–Crippen LogP) is 1.63. The summed E-state index contributed by atoms with van der Waals surface area (Å²) in [5.41, 5.74) is 11.9. The summed E-state index contributed by atoms with van der Waals surface area (Å²) in [6.07, 6.45) is 1.54. The van der Waals surface area contributed by atoms with E-state index in [-0.39, 0.29) is 11.5 Å². The van der Waals surface area contributed by atoms with Crippen molar-refractivity contribution in [1.82, 2.24) is 4.98 Å². The summed E-state index contributed by atoms with van der Waals surface area (Å²) < 4.78 is 0. The Balaban J connectivity index is 3.21. The minimum Gasteiger partial charge on any atom is -0.397 e. The SMILES string of the molecule is CC(N(C)c1ncc(N)cc1C(N)=O)C(C)(C)C. The van der Waals surface area contributed by atoms with Crippen LogP contribution in [0.3, 0.4) is 0 Å². The van der Waals surface area contributed by atoms with Crippen molar-refractivity contribution in [1.29, 1.82) is 0 Å². The van der Waals surface area contributed by atoms with Crippen LogP contribution >= 0.6 is 0 Å². The van der Waals surface area contributed by atoms with Gasteiger partial charge in [-0.1, -0.05) is 20.8 Å². The van der Waals surface area contributed by atoms with Gasteiger partial charge in [-0.25, -0.2) is 4.98 Å². The molecular formula is C13H22N4O. The lowest BCUT2D eigenvalue weighted by atomic mass is 9.87. The summed E-state index contributed by atoms with van der Waals surface area (Å²) in [7, 11) is 1.90. The van der Waals surface area contributed by atoms with E-state index in [1.54, 1.807) is 6.07 Å². The number of hydrogen-bond acceptors (Lipinski definition) is 4. The van der Waals surface area contributed by atoms with Gasteiger partial charge in [-0.2, -0.15) is 0 Å². The molecule has 1 heterocycles. The Morgan fingerprint density at radius 3 is 2.44 bits per heavy atom. The van der Waals surface area contributed by atoms with Crippen molar-refractivity contribution >= 4 is 17.4 Å². The van der Waals surface area contributed by atoms with Gasteiger partial charge in [0.25, 0.3) is 5.91 Å². The minimum atomic E-state index is -0.516. The Morgan fingerprint density at radius 2 is 2.00 bits per heavy atom. The van der Waals surface area contributed by atoms with Crippen molar-refractivity contribution in [3.8, 4) is 0 Å². The summed E-state index contributed by atoms with van der Waals surface area (Å²) in [5, 5.41) is 0. The van der Waals surface area contributed by atoms with Crippen LogP contribution in [0.4, 0.5) is 11.5 Å². The fourth-order valence-corrected chi connectivity index (χ4v) is 1.70. The predicted molar refractivity (Wildman–Crippen MR) is 74.5 cm³/mol. The molecule has 0 aliphatic heterocycles. The number of pyridine rings is 1. The number of carbonyl (C=O) groups is 1. The molecular weight excluding hydrogens is 228 g/mol. The van der Waals surface area contributed by atoms with E-state index < -0.39 is 5.91 Å². The molecule has 1 aromatic rings. The Bertz CT molecular complexity index is 451. The van der Waals surface area contributed by atoms with Gasteiger partial charge in [0.2, 0.25) is 0 Å². The van der Waals surface area contributed by atoms with Crippen molar-refractivity contribution in [3.05, 3.63) is 17.8 Å². The first kappa shape index (κ1) is 14.3. The summed E-state index contributed by atoms with van der Waals surface area (Å²) >= 11 is 0. The topological polar surface area (TPSA) is 85.2 Å². The fourth-order valence-electron chi connectivity index (χ4n) is 1.70. The maximum atomic E-state index is 11.5. The summed E-state index contributed by atoms with van der Waals surface area (Å²) in [6, 6.07) is 1.77. The third-order valence-corrected chi connectivity index (χ3v) is 3.32. The highest BCUT2D eigenvalue weighted by atomic mass is 16.1. The van der Waals surface area contributed by atoms with Crippen molar-refractivity contribution in [3.63, 3.8) is 0 Å². The molecule has 5 nitrogen and oxygen atoms in total. The van der Waals surface area contributed by atoms with Gasteiger partial charge in [-0.05, 0) is 18.4 Å². The molecule has 0 aliphatic rings. The Morgan fingerprint density at radius 1 is 1.44 bits per heavy atom. The van der Waals surface area contributed by atoms with Crippen LogP contribution in [0.1, 0.15) is 38.1 Å². The lowest BCUT2D eigenvalue weighted by Gasteiger charge is -2.36. The van der Waals surface area contributed by atoms with E-state index in [1.807, 2.05) is 11.9 Å². The maximum Gasteiger partial charge on any atom is 0.252 e. The molecule has 100 valence electrons. The number of nitrogen functional groups attached to an aromatic ring is 1. The highest BCUT2D eigenvalue weighted by Crippen LogP contribution is 2.28. The number of nitrogens with two attached hydrogens (primary N) is 2. The van der Waals surface area contributed by atoms with Crippen LogP contribution in [-0.4, -0.2) is 24.0 Å². The van der Waals surface area contributed by atoms with Gasteiger partial charge in [0.05, 0.1) is 17.4 Å². The van der Waals surface area contributed by atoms with Gasteiger partial charge in [-0.3, -0.25) is 4.79 Å². The fraction of sp³-hybridized carbons (Fsp3) is 0.538. The molecule has 0 saturated heterocycles. The van der Waals surface area contributed by atoms with Gasteiger partial charge < -0.3 is 16.4 Å². The number of carbonyl (C=O) groups excluding carboxylic acids is 1. The molecule has 4 N–H and O–H groups in total. The van der Waals surface area contributed by atoms with Crippen LogP contribution in [0, 0.1) is 5.41 Å². The van der Waals surface area contributed by atoms with E-state index in [0.29, 0.717) is 17.1 Å². The van der Waals surface area contributed by atoms with Gasteiger partial charge in [0.15, 0.2) is 0 Å². The van der Waals surface area contributed by atoms with E-state index in [2.05, 4.69) is 32.7 Å². The molecule has 1 aromatic heterocycles. The first-order valence-corrected chi connectivity index (χ1v) is 5.92. The molecule has 0 aromatic carbocycles. The summed E-state index contributed by atoms with van der Waals surface area (Å²) in [4.78, 5) is 17.6. The zero-order chi connectivity index (χ0) is 14.1. The van der Waals surface area contributed by atoms with Crippen LogP contribution < -0.4 is 16.4 Å². The first-order chi connectivity index (χ1) is 8.14. The molecule has 1 unspecified atom stereocenters. The standard InChI is InChI=1S/C13H22N4O/c1-8(13(2,3)4)17(5)12-10(11(15)18)6-9(14)7-16-12/h6-8H,14H2,1-5H3,(H2,15,18). The zero-order valence-electron chi connectivity index (χ0n) is 11.7. The van der Waals surface area contributed by atoms with Crippen LogP contribution in [0.5, 0.6) is 0 Å². The monoisotopic (exact) mass is 250 g/mol. The van der Waals surface area contributed by atoms with Gasteiger partial charge in [0.1, 0.15) is 5.82 Å². The first-order valence-electron chi connectivity index (χ1n) is 5.92. The van der Waals surface area contributed by atoms with E-state index in [9.17, 15) is 4.79 Å². The minimum absolute atomic E-state index is 0.0622. The molecule has 0 saturated carbocycles. The van der Waals surface area contributed by atoms with Crippen LogP contribution in [0.15, 0.2) is 12.3 Å². The smallest absolute Gasteiger partial charge is 0.252 e. The average molecular weight is 250 g/mol. The average Bonchev–Trinajstić information content (AvgIpc) is 2.25. The highest BCUT2D eigenvalue weighted by Gasteiger charge is 2.27. The molecule has 1 rings (SSSR count). The van der Waals surface area contributed by atoms with Crippen LogP contribution in [-0.2, 0) is 0 Å².